The summed E-state index contributed by atoms with van der Waals surface area (Å²) in [5.41, 5.74) is 1.68. The maximum atomic E-state index is 13.4. The van der Waals surface area contributed by atoms with E-state index in [0.717, 1.165) is 17.7 Å². The average molecular weight is 277 g/mol. The van der Waals surface area contributed by atoms with Gasteiger partial charge >= 0.3 is 0 Å². The fourth-order valence-electron chi connectivity index (χ4n) is 2.16. The van der Waals surface area contributed by atoms with Gasteiger partial charge in [-0.25, -0.2) is 4.39 Å². The Kier molecular flexibility index (Phi) is 2.99. The molecule has 0 aromatic heterocycles. The standard InChI is InChI=1S/C15H10ClFO2/c16-14-11(2-1-3-12(14)17)15(18)10-4-5-13-9(8-10)6-7-19-13/h1-5,8H,6-7H2. The largest absolute Gasteiger partial charge is 0.493 e. The Bertz CT molecular complexity index is 667. The van der Waals surface area contributed by atoms with Gasteiger partial charge in [0.25, 0.3) is 0 Å². The first-order chi connectivity index (χ1) is 9.16. The maximum absolute atomic E-state index is 13.4. The van der Waals surface area contributed by atoms with Crippen molar-refractivity contribution >= 4 is 17.4 Å². The number of benzene rings is 2. The number of rotatable bonds is 2. The highest BCUT2D eigenvalue weighted by atomic mass is 35.5. The monoisotopic (exact) mass is 276 g/mol. The molecule has 0 spiro atoms. The molecule has 2 aromatic carbocycles. The number of hydrogen-bond donors (Lipinski definition) is 0. The van der Waals surface area contributed by atoms with Gasteiger partial charge in [0.1, 0.15) is 11.6 Å². The number of halogens is 2. The minimum absolute atomic E-state index is 0.135. The minimum Gasteiger partial charge on any atom is -0.493 e. The van der Waals surface area contributed by atoms with Gasteiger partial charge in [-0.2, -0.15) is 0 Å². The van der Waals surface area contributed by atoms with E-state index < -0.39 is 5.82 Å². The van der Waals surface area contributed by atoms with Crippen molar-refractivity contribution < 1.29 is 13.9 Å². The van der Waals surface area contributed by atoms with Crippen LogP contribution in [-0.2, 0) is 6.42 Å². The first-order valence-corrected chi connectivity index (χ1v) is 6.29. The predicted octanol–water partition coefficient (Wildman–Crippen LogP) is 3.65. The van der Waals surface area contributed by atoms with Crippen LogP contribution in [0, 0.1) is 5.82 Å². The van der Waals surface area contributed by atoms with Gasteiger partial charge in [-0.15, -0.1) is 0 Å². The zero-order chi connectivity index (χ0) is 13.4. The molecule has 4 heteroatoms. The molecule has 0 amide bonds. The molecular weight excluding hydrogens is 267 g/mol. The SMILES string of the molecule is O=C(c1ccc2c(c1)CCO2)c1cccc(F)c1Cl. The number of ketones is 1. The lowest BCUT2D eigenvalue weighted by Crippen LogP contribution is -2.03. The van der Waals surface area contributed by atoms with Gasteiger partial charge in [-0.05, 0) is 35.9 Å². The normalized spacial score (nSPS) is 12.9. The number of carbonyl (C=O) groups is 1. The van der Waals surface area contributed by atoms with E-state index >= 15 is 0 Å². The second-order valence-corrected chi connectivity index (χ2v) is 4.73. The number of carbonyl (C=O) groups excluding carboxylic acids is 1. The molecule has 0 aliphatic carbocycles. The number of ether oxygens (including phenoxy) is 1. The summed E-state index contributed by atoms with van der Waals surface area (Å²) in [6, 6.07) is 9.46. The zero-order valence-electron chi connectivity index (χ0n) is 9.95. The van der Waals surface area contributed by atoms with Crippen molar-refractivity contribution in [3.05, 3.63) is 63.9 Å². The van der Waals surface area contributed by atoms with Crippen molar-refractivity contribution in [2.24, 2.45) is 0 Å². The van der Waals surface area contributed by atoms with Gasteiger partial charge in [0.15, 0.2) is 5.78 Å². The molecule has 19 heavy (non-hydrogen) atoms. The van der Waals surface area contributed by atoms with E-state index in [9.17, 15) is 9.18 Å². The quantitative estimate of drug-likeness (QED) is 0.783. The van der Waals surface area contributed by atoms with Crippen molar-refractivity contribution in [2.75, 3.05) is 6.61 Å². The fraction of sp³-hybridized carbons (Fsp3) is 0.133. The summed E-state index contributed by atoms with van der Waals surface area (Å²) in [5, 5.41) is -0.135. The lowest BCUT2D eigenvalue weighted by atomic mass is 10.0. The van der Waals surface area contributed by atoms with Crippen LogP contribution in [0.5, 0.6) is 5.75 Å². The molecule has 1 aliphatic rings. The molecular formula is C15H10ClFO2. The van der Waals surface area contributed by atoms with E-state index in [4.69, 9.17) is 16.3 Å². The highest BCUT2D eigenvalue weighted by molar-refractivity contribution is 6.35. The Hall–Kier alpha value is -1.87. The molecule has 2 nitrogen and oxygen atoms in total. The van der Waals surface area contributed by atoms with E-state index in [1.807, 2.05) is 0 Å². The van der Waals surface area contributed by atoms with Gasteiger partial charge < -0.3 is 4.74 Å². The summed E-state index contributed by atoms with van der Waals surface area (Å²) < 4.78 is 18.8. The van der Waals surface area contributed by atoms with Crippen LogP contribution in [0.1, 0.15) is 21.5 Å². The molecule has 1 aliphatic heterocycles. The summed E-state index contributed by atoms with van der Waals surface area (Å²) in [6.45, 7) is 0.633. The molecule has 1 heterocycles. The van der Waals surface area contributed by atoms with Crippen LogP contribution >= 0.6 is 11.6 Å². The molecule has 0 saturated carbocycles. The molecule has 0 saturated heterocycles. The van der Waals surface area contributed by atoms with Gasteiger partial charge in [0, 0.05) is 17.5 Å². The smallest absolute Gasteiger partial charge is 0.194 e. The molecule has 0 fully saturated rings. The Morgan fingerprint density at radius 2 is 2.11 bits per heavy atom. The summed E-state index contributed by atoms with van der Waals surface area (Å²) in [7, 11) is 0. The van der Waals surface area contributed by atoms with E-state index in [2.05, 4.69) is 0 Å². The van der Waals surface area contributed by atoms with E-state index in [1.165, 1.54) is 18.2 Å². The summed E-state index contributed by atoms with van der Waals surface area (Å²) in [4.78, 5) is 12.3. The first kappa shape index (κ1) is 12.2. The third-order valence-electron chi connectivity index (χ3n) is 3.15. The lowest BCUT2D eigenvalue weighted by molar-refractivity contribution is 0.103. The van der Waals surface area contributed by atoms with Crippen LogP contribution in [0.25, 0.3) is 0 Å². The predicted molar refractivity (Wildman–Crippen MR) is 70.5 cm³/mol. The number of hydrogen-bond acceptors (Lipinski definition) is 2. The first-order valence-electron chi connectivity index (χ1n) is 5.91. The van der Waals surface area contributed by atoms with Crippen LogP contribution < -0.4 is 4.74 Å². The van der Waals surface area contributed by atoms with Crippen molar-refractivity contribution in [2.45, 2.75) is 6.42 Å². The third kappa shape index (κ3) is 2.10. The third-order valence-corrected chi connectivity index (χ3v) is 3.53. The van der Waals surface area contributed by atoms with Crippen LogP contribution in [0.3, 0.4) is 0 Å². The topological polar surface area (TPSA) is 26.3 Å². The highest BCUT2D eigenvalue weighted by Crippen LogP contribution is 2.28. The van der Waals surface area contributed by atoms with Crippen LogP contribution in [-0.4, -0.2) is 12.4 Å². The molecule has 0 radical (unpaired) electrons. The van der Waals surface area contributed by atoms with Gasteiger partial charge in [-0.1, -0.05) is 17.7 Å². The van der Waals surface area contributed by atoms with Gasteiger partial charge in [0.2, 0.25) is 0 Å². The van der Waals surface area contributed by atoms with E-state index in [0.29, 0.717) is 12.2 Å². The maximum Gasteiger partial charge on any atom is 0.194 e. The van der Waals surface area contributed by atoms with Crippen LogP contribution in [0.15, 0.2) is 36.4 Å². The Labute approximate surface area is 114 Å². The van der Waals surface area contributed by atoms with Crippen molar-refractivity contribution in [1.82, 2.24) is 0 Å². The molecule has 3 rings (SSSR count). The zero-order valence-corrected chi connectivity index (χ0v) is 10.7. The average Bonchev–Trinajstić information content (AvgIpc) is 2.88. The van der Waals surface area contributed by atoms with Gasteiger partial charge in [-0.3, -0.25) is 4.79 Å². The second-order valence-electron chi connectivity index (χ2n) is 4.35. The van der Waals surface area contributed by atoms with Crippen LogP contribution in [0.4, 0.5) is 4.39 Å². The lowest BCUT2D eigenvalue weighted by Gasteiger charge is -2.06. The van der Waals surface area contributed by atoms with E-state index in [-0.39, 0.29) is 16.4 Å². The second kappa shape index (κ2) is 4.67. The summed E-state index contributed by atoms with van der Waals surface area (Å²) in [6.07, 6.45) is 0.785. The minimum atomic E-state index is -0.586. The molecule has 0 N–H and O–H groups in total. The van der Waals surface area contributed by atoms with Gasteiger partial charge in [0.05, 0.1) is 11.6 Å². The fourth-order valence-corrected chi connectivity index (χ4v) is 2.37. The Balaban J connectivity index is 2.02. The summed E-state index contributed by atoms with van der Waals surface area (Å²) in [5.74, 6) is -0.0573. The molecule has 0 atom stereocenters. The highest BCUT2D eigenvalue weighted by Gasteiger charge is 2.18. The molecule has 0 unspecified atom stereocenters. The van der Waals surface area contributed by atoms with Crippen LogP contribution in [0.2, 0.25) is 5.02 Å². The Morgan fingerprint density at radius 1 is 1.26 bits per heavy atom. The van der Waals surface area contributed by atoms with Crippen molar-refractivity contribution in [3.8, 4) is 5.75 Å². The molecule has 96 valence electrons. The molecule has 0 bridgehead atoms. The summed E-state index contributed by atoms with van der Waals surface area (Å²) >= 11 is 5.83. The van der Waals surface area contributed by atoms with Crippen molar-refractivity contribution in [3.63, 3.8) is 0 Å². The van der Waals surface area contributed by atoms with Crippen molar-refractivity contribution in [1.29, 1.82) is 0 Å². The van der Waals surface area contributed by atoms with E-state index in [1.54, 1.807) is 18.2 Å². The Morgan fingerprint density at radius 3 is 2.95 bits per heavy atom. The molecule has 2 aromatic rings. The number of fused-ring (bicyclic) bond motifs is 1.